The van der Waals surface area contributed by atoms with Crippen LogP contribution in [-0.4, -0.2) is 50.9 Å². The van der Waals surface area contributed by atoms with Gasteiger partial charge in [0, 0.05) is 31.7 Å². The summed E-state index contributed by atoms with van der Waals surface area (Å²) in [7, 11) is 3.64. The van der Waals surface area contributed by atoms with E-state index in [9.17, 15) is 4.79 Å². The molecule has 1 aliphatic carbocycles. The Bertz CT molecular complexity index is 1040. The highest BCUT2D eigenvalue weighted by Gasteiger charge is 2.27. The molecule has 0 aliphatic heterocycles. The molecular weight excluding hydrogens is 378 g/mol. The Balaban J connectivity index is 1.49. The Labute approximate surface area is 176 Å². The smallest absolute Gasteiger partial charge is 0.225 e. The second-order valence-electron chi connectivity index (χ2n) is 8.07. The summed E-state index contributed by atoms with van der Waals surface area (Å²) in [6.45, 7) is 2.05. The second kappa shape index (κ2) is 8.61. The summed E-state index contributed by atoms with van der Waals surface area (Å²) in [6, 6.07) is 8.36. The van der Waals surface area contributed by atoms with Crippen LogP contribution in [0.3, 0.4) is 0 Å². The van der Waals surface area contributed by atoms with Crippen molar-refractivity contribution in [2.45, 2.75) is 38.6 Å². The quantitative estimate of drug-likeness (QED) is 0.670. The fourth-order valence-corrected chi connectivity index (χ4v) is 3.91. The summed E-state index contributed by atoms with van der Waals surface area (Å²) in [5.74, 6) is 1.55. The molecule has 0 atom stereocenters. The van der Waals surface area contributed by atoms with Gasteiger partial charge in [0.2, 0.25) is 11.9 Å². The molecule has 30 heavy (non-hydrogen) atoms. The first-order valence-corrected chi connectivity index (χ1v) is 10.3. The number of amides is 1. The van der Waals surface area contributed by atoms with Crippen LogP contribution in [0.25, 0.3) is 11.0 Å². The molecule has 4 rings (SSSR count). The number of carbonyl (C=O) groups excluding carboxylic acids is 1. The van der Waals surface area contributed by atoms with E-state index in [0.717, 1.165) is 31.4 Å². The summed E-state index contributed by atoms with van der Waals surface area (Å²) < 4.78 is 0. The number of aryl methyl sites for hydroxylation is 1. The molecule has 0 spiro atoms. The molecule has 2 N–H and O–H groups in total. The molecule has 1 fully saturated rings. The van der Waals surface area contributed by atoms with E-state index in [1.54, 1.807) is 11.1 Å². The summed E-state index contributed by atoms with van der Waals surface area (Å²) >= 11 is 0. The highest BCUT2D eigenvalue weighted by atomic mass is 16.2. The van der Waals surface area contributed by atoms with Crippen LogP contribution < -0.4 is 10.6 Å². The number of anilines is 3. The standard InChI is InChI=1S/C22H27N7O/c1-14-5-4-6-17(11-14)26-20-19-18(24-13-25-20)12-23-22(28-19)27-16-9-7-15(8-10-16)21(30)29(2)3/h4-6,11-13,15-16H,7-10H2,1-3H3,(H,23,27,28)(H,24,25,26). The Kier molecular flexibility index (Phi) is 5.74. The molecule has 2 heterocycles. The minimum absolute atomic E-state index is 0.120. The molecule has 1 aliphatic rings. The fraction of sp³-hybridized carbons (Fsp3) is 0.409. The van der Waals surface area contributed by atoms with Gasteiger partial charge in [-0.15, -0.1) is 0 Å². The summed E-state index contributed by atoms with van der Waals surface area (Å²) in [4.78, 5) is 31.7. The van der Waals surface area contributed by atoms with Crippen molar-refractivity contribution in [1.82, 2.24) is 24.8 Å². The zero-order valence-electron chi connectivity index (χ0n) is 17.6. The van der Waals surface area contributed by atoms with Gasteiger partial charge in [-0.2, -0.15) is 0 Å². The van der Waals surface area contributed by atoms with Gasteiger partial charge in [-0.25, -0.2) is 19.9 Å². The molecule has 0 unspecified atom stereocenters. The van der Waals surface area contributed by atoms with Crippen LogP contribution >= 0.6 is 0 Å². The number of carbonyl (C=O) groups is 1. The highest BCUT2D eigenvalue weighted by molar-refractivity contribution is 5.87. The van der Waals surface area contributed by atoms with Gasteiger partial charge in [0.1, 0.15) is 17.4 Å². The van der Waals surface area contributed by atoms with Crippen molar-refractivity contribution in [2.24, 2.45) is 5.92 Å². The van der Waals surface area contributed by atoms with E-state index in [2.05, 4.69) is 36.6 Å². The average Bonchev–Trinajstić information content (AvgIpc) is 2.74. The molecular formula is C22H27N7O. The molecule has 156 valence electrons. The number of aromatic nitrogens is 4. The first-order chi connectivity index (χ1) is 14.5. The van der Waals surface area contributed by atoms with Gasteiger partial charge in [-0.05, 0) is 50.3 Å². The summed E-state index contributed by atoms with van der Waals surface area (Å²) in [5, 5.41) is 6.77. The zero-order chi connectivity index (χ0) is 21.1. The third kappa shape index (κ3) is 4.48. The van der Waals surface area contributed by atoms with E-state index in [1.807, 2.05) is 39.2 Å². The van der Waals surface area contributed by atoms with Crippen molar-refractivity contribution in [3.05, 3.63) is 42.4 Å². The van der Waals surface area contributed by atoms with Gasteiger partial charge in [-0.1, -0.05) is 12.1 Å². The van der Waals surface area contributed by atoms with Crippen LogP contribution in [0.2, 0.25) is 0 Å². The predicted octanol–water partition coefficient (Wildman–Crippen LogP) is 3.53. The third-order valence-corrected chi connectivity index (χ3v) is 5.51. The lowest BCUT2D eigenvalue weighted by Gasteiger charge is -2.29. The maximum Gasteiger partial charge on any atom is 0.225 e. The highest BCUT2D eigenvalue weighted by Crippen LogP contribution is 2.28. The summed E-state index contributed by atoms with van der Waals surface area (Å²) in [5.41, 5.74) is 3.48. The number of hydrogen-bond acceptors (Lipinski definition) is 7. The van der Waals surface area contributed by atoms with Crippen LogP contribution in [0, 0.1) is 12.8 Å². The minimum Gasteiger partial charge on any atom is -0.351 e. The number of rotatable bonds is 5. The Morgan fingerprint density at radius 1 is 1.10 bits per heavy atom. The predicted molar refractivity (Wildman–Crippen MR) is 118 cm³/mol. The lowest BCUT2D eigenvalue weighted by atomic mass is 9.85. The van der Waals surface area contributed by atoms with E-state index in [0.29, 0.717) is 22.8 Å². The molecule has 1 amide bonds. The maximum absolute atomic E-state index is 12.2. The molecule has 0 saturated heterocycles. The zero-order valence-corrected chi connectivity index (χ0v) is 17.6. The number of fused-ring (bicyclic) bond motifs is 1. The Morgan fingerprint density at radius 2 is 1.90 bits per heavy atom. The Hall–Kier alpha value is -3.29. The molecule has 0 bridgehead atoms. The first kappa shape index (κ1) is 20.0. The third-order valence-electron chi connectivity index (χ3n) is 5.51. The maximum atomic E-state index is 12.2. The van der Waals surface area contributed by atoms with E-state index >= 15 is 0 Å². The molecule has 1 aromatic carbocycles. The largest absolute Gasteiger partial charge is 0.351 e. The normalized spacial score (nSPS) is 18.8. The van der Waals surface area contributed by atoms with Crippen LogP contribution in [0.4, 0.5) is 17.5 Å². The fourth-order valence-electron chi connectivity index (χ4n) is 3.91. The first-order valence-electron chi connectivity index (χ1n) is 10.3. The lowest BCUT2D eigenvalue weighted by molar-refractivity contribution is -0.133. The summed E-state index contributed by atoms with van der Waals surface area (Å²) in [6.07, 6.45) is 6.84. The number of benzene rings is 1. The van der Waals surface area contributed by atoms with Crippen LogP contribution in [0.15, 0.2) is 36.8 Å². The van der Waals surface area contributed by atoms with Crippen molar-refractivity contribution in [3.63, 3.8) is 0 Å². The van der Waals surface area contributed by atoms with Gasteiger partial charge in [0.15, 0.2) is 5.82 Å². The molecule has 2 aromatic heterocycles. The van der Waals surface area contributed by atoms with Crippen LogP contribution in [0.1, 0.15) is 31.2 Å². The van der Waals surface area contributed by atoms with Gasteiger partial charge < -0.3 is 15.5 Å². The SMILES string of the molecule is Cc1cccc(Nc2ncnc3cnc(NC4CCC(C(=O)N(C)C)CC4)nc23)c1. The molecule has 1 saturated carbocycles. The lowest BCUT2D eigenvalue weighted by Crippen LogP contribution is -2.35. The van der Waals surface area contributed by atoms with Crippen LogP contribution in [0.5, 0.6) is 0 Å². The number of nitrogens with zero attached hydrogens (tertiary/aromatic N) is 5. The molecule has 8 heteroatoms. The van der Waals surface area contributed by atoms with E-state index < -0.39 is 0 Å². The number of nitrogens with one attached hydrogen (secondary N) is 2. The van der Waals surface area contributed by atoms with Crippen molar-refractivity contribution < 1.29 is 4.79 Å². The van der Waals surface area contributed by atoms with Crippen molar-refractivity contribution in [2.75, 3.05) is 24.7 Å². The van der Waals surface area contributed by atoms with Crippen LogP contribution in [-0.2, 0) is 4.79 Å². The minimum atomic E-state index is 0.120. The van der Waals surface area contributed by atoms with E-state index in [1.165, 1.54) is 11.9 Å². The molecule has 3 aromatic rings. The van der Waals surface area contributed by atoms with Crippen molar-refractivity contribution >= 4 is 34.4 Å². The second-order valence-corrected chi connectivity index (χ2v) is 8.07. The average molecular weight is 406 g/mol. The molecule has 8 nitrogen and oxygen atoms in total. The number of hydrogen-bond donors (Lipinski definition) is 2. The monoisotopic (exact) mass is 405 g/mol. The Morgan fingerprint density at radius 3 is 2.63 bits per heavy atom. The van der Waals surface area contributed by atoms with E-state index in [-0.39, 0.29) is 17.9 Å². The van der Waals surface area contributed by atoms with Crippen molar-refractivity contribution in [1.29, 1.82) is 0 Å². The van der Waals surface area contributed by atoms with Gasteiger partial charge in [-0.3, -0.25) is 4.79 Å². The van der Waals surface area contributed by atoms with E-state index in [4.69, 9.17) is 0 Å². The van der Waals surface area contributed by atoms with Gasteiger partial charge in [0.25, 0.3) is 0 Å². The van der Waals surface area contributed by atoms with Gasteiger partial charge in [0.05, 0.1) is 6.20 Å². The van der Waals surface area contributed by atoms with Crippen molar-refractivity contribution in [3.8, 4) is 0 Å². The topological polar surface area (TPSA) is 95.9 Å². The molecule has 0 radical (unpaired) electrons. The van der Waals surface area contributed by atoms with Gasteiger partial charge >= 0.3 is 0 Å².